The van der Waals surface area contributed by atoms with Gasteiger partial charge in [0.2, 0.25) is 0 Å². The lowest BCUT2D eigenvalue weighted by molar-refractivity contribution is -0.172. The molecule has 2 aromatic heterocycles. The number of aromatic nitrogens is 2. The second kappa shape index (κ2) is 8.36. The average Bonchev–Trinajstić information content (AvgIpc) is 3.24. The van der Waals surface area contributed by atoms with Crippen LogP contribution in [0.1, 0.15) is 42.5 Å². The van der Waals surface area contributed by atoms with Gasteiger partial charge in [-0.25, -0.2) is 14.2 Å². The fourth-order valence-electron chi connectivity index (χ4n) is 5.43. The van der Waals surface area contributed by atoms with Crippen LogP contribution >= 0.6 is 0 Å². The van der Waals surface area contributed by atoms with Gasteiger partial charge in [0, 0.05) is 47.8 Å². The highest BCUT2D eigenvalue weighted by molar-refractivity contribution is 5.89. The second-order valence-electron chi connectivity index (χ2n) is 9.51. The molecule has 0 bridgehead atoms. The Labute approximate surface area is 206 Å². The molecule has 0 radical (unpaired) electrons. The third kappa shape index (κ3) is 3.28. The molecule has 0 spiro atoms. The first-order valence-electron chi connectivity index (χ1n) is 12.2. The number of carbonyl (C=O) groups is 1. The van der Waals surface area contributed by atoms with Crippen molar-refractivity contribution in [2.24, 2.45) is 0 Å². The molecule has 0 aliphatic carbocycles. The lowest BCUT2D eigenvalue weighted by atomic mass is 9.86. The van der Waals surface area contributed by atoms with E-state index in [1.54, 1.807) is 17.6 Å². The van der Waals surface area contributed by atoms with Crippen molar-refractivity contribution in [3.63, 3.8) is 0 Å². The van der Waals surface area contributed by atoms with E-state index in [0.29, 0.717) is 30.2 Å². The van der Waals surface area contributed by atoms with Crippen LogP contribution in [0.4, 0.5) is 4.39 Å². The molecule has 5 heterocycles. The number of carbonyl (C=O) groups excluding carboxylic acids is 1. The van der Waals surface area contributed by atoms with Gasteiger partial charge in [0.15, 0.2) is 17.2 Å². The molecule has 0 amide bonds. The van der Waals surface area contributed by atoms with Crippen LogP contribution in [-0.2, 0) is 34.8 Å². The first-order valence-corrected chi connectivity index (χ1v) is 12.2. The van der Waals surface area contributed by atoms with Crippen molar-refractivity contribution in [2.45, 2.75) is 45.6 Å². The normalized spacial score (nSPS) is 20.4. The van der Waals surface area contributed by atoms with Crippen LogP contribution < -0.4 is 15.6 Å². The number of hydrogen-bond acceptors (Lipinski definition) is 8. The second-order valence-corrected chi connectivity index (χ2v) is 9.51. The van der Waals surface area contributed by atoms with Crippen LogP contribution in [-0.4, -0.2) is 51.9 Å². The van der Waals surface area contributed by atoms with Crippen molar-refractivity contribution in [1.29, 1.82) is 0 Å². The molecular formula is C26H27FN4O5. The van der Waals surface area contributed by atoms with Gasteiger partial charge in [-0.3, -0.25) is 9.69 Å². The first kappa shape index (κ1) is 23.1. The van der Waals surface area contributed by atoms with Gasteiger partial charge in [-0.15, -0.1) is 0 Å². The van der Waals surface area contributed by atoms with Crippen molar-refractivity contribution in [3.05, 3.63) is 56.6 Å². The zero-order chi connectivity index (χ0) is 25.2. The molecule has 2 N–H and O–H groups in total. The first-order chi connectivity index (χ1) is 17.4. The maximum atomic E-state index is 15.0. The minimum Gasteiger partial charge on any atom is -0.475 e. The highest BCUT2D eigenvalue weighted by Crippen LogP contribution is 2.41. The van der Waals surface area contributed by atoms with Crippen LogP contribution in [0.5, 0.6) is 5.75 Å². The molecular weight excluding hydrogens is 467 g/mol. The Morgan fingerprint density at radius 2 is 2.00 bits per heavy atom. The largest absolute Gasteiger partial charge is 0.475 e. The van der Waals surface area contributed by atoms with Gasteiger partial charge in [0.1, 0.15) is 13.3 Å². The minimum atomic E-state index is -1.89. The van der Waals surface area contributed by atoms with E-state index in [0.717, 1.165) is 36.1 Å². The van der Waals surface area contributed by atoms with Gasteiger partial charge in [-0.2, -0.15) is 0 Å². The van der Waals surface area contributed by atoms with Crippen molar-refractivity contribution in [3.8, 4) is 17.1 Å². The van der Waals surface area contributed by atoms with Gasteiger partial charge in [0.05, 0.1) is 29.0 Å². The predicted molar refractivity (Wildman–Crippen MR) is 129 cm³/mol. The lowest BCUT2D eigenvalue weighted by Gasteiger charge is -2.31. The smallest absolute Gasteiger partial charge is 0.343 e. The standard InChI is InChI=1S/C26H27FN4O5/c1-3-26(34)18-8-21-22-14(10-31(21)24(32)17(18)12-35-25(26)33)7-15-16-11-30(6-5-28-4-2)13-36-23(16)19(27)9-20(15)29-22/h7-9,28,34H,3-6,10-13H2,1-2H3/t26-/m0/s1. The summed E-state index contributed by atoms with van der Waals surface area (Å²) in [6.45, 7) is 7.09. The summed E-state index contributed by atoms with van der Waals surface area (Å²) in [7, 11) is 0. The lowest BCUT2D eigenvalue weighted by Crippen LogP contribution is -2.44. The number of aliphatic hydroxyl groups is 1. The Balaban J connectivity index is 1.47. The molecule has 0 saturated heterocycles. The summed E-state index contributed by atoms with van der Waals surface area (Å²) in [6.07, 6.45) is 0.0708. The van der Waals surface area contributed by atoms with Crippen LogP contribution in [0.3, 0.4) is 0 Å². The number of nitrogens with one attached hydrogen (secondary N) is 1. The maximum Gasteiger partial charge on any atom is 0.343 e. The number of halogens is 1. The Bertz CT molecular complexity index is 1490. The number of ether oxygens (including phenoxy) is 2. The summed E-state index contributed by atoms with van der Waals surface area (Å²) in [5, 5.41) is 15.1. The molecule has 3 aliphatic rings. The molecule has 9 nitrogen and oxygen atoms in total. The van der Waals surface area contributed by atoms with Crippen LogP contribution in [0.2, 0.25) is 0 Å². The Kier molecular flexibility index (Phi) is 5.36. The highest BCUT2D eigenvalue weighted by atomic mass is 19.1. The predicted octanol–water partition coefficient (Wildman–Crippen LogP) is 1.98. The van der Waals surface area contributed by atoms with Gasteiger partial charge in [-0.05, 0) is 25.1 Å². The summed E-state index contributed by atoms with van der Waals surface area (Å²) >= 11 is 0. The Morgan fingerprint density at radius 3 is 2.78 bits per heavy atom. The third-order valence-corrected chi connectivity index (χ3v) is 7.45. The molecule has 6 rings (SSSR count). The average molecular weight is 495 g/mol. The van der Waals surface area contributed by atoms with E-state index in [1.165, 1.54) is 6.07 Å². The van der Waals surface area contributed by atoms with Crippen molar-refractivity contribution in [2.75, 3.05) is 26.4 Å². The number of likely N-dealkylation sites (N-methyl/N-ethyl adjacent to an activating group) is 1. The number of fused-ring (bicyclic) bond motifs is 7. The number of pyridine rings is 2. The highest BCUT2D eigenvalue weighted by Gasteiger charge is 2.45. The molecule has 3 aliphatic heterocycles. The van der Waals surface area contributed by atoms with Crippen LogP contribution in [0.15, 0.2) is 23.0 Å². The van der Waals surface area contributed by atoms with Gasteiger partial charge in [-0.1, -0.05) is 13.8 Å². The summed E-state index contributed by atoms with van der Waals surface area (Å²) in [5.74, 6) is -0.991. The molecule has 36 heavy (non-hydrogen) atoms. The number of rotatable bonds is 5. The number of hydrogen-bond donors (Lipinski definition) is 2. The van der Waals surface area contributed by atoms with Crippen LogP contribution in [0.25, 0.3) is 22.3 Å². The SMILES string of the molecule is CCNCCN1COc2c(F)cc3nc4c(cc3c2C1)Cn1c-4cc2c(c1=O)COC(=O)[C@]2(O)CC. The van der Waals surface area contributed by atoms with E-state index >= 15 is 4.39 Å². The number of cyclic esters (lactones) is 1. The number of benzene rings is 1. The van der Waals surface area contributed by atoms with Gasteiger partial charge < -0.3 is 24.5 Å². The fourth-order valence-corrected chi connectivity index (χ4v) is 5.43. The fraction of sp³-hybridized carbons (Fsp3) is 0.423. The third-order valence-electron chi connectivity index (χ3n) is 7.45. The van der Waals surface area contributed by atoms with Crippen LogP contribution in [0, 0.1) is 5.82 Å². The Morgan fingerprint density at radius 1 is 1.17 bits per heavy atom. The quantitative estimate of drug-likeness (QED) is 0.321. The van der Waals surface area contributed by atoms with Gasteiger partial charge in [0.25, 0.3) is 5.56 Å². The topological polar surface area (TPSA) is 106 Å². The van der Waals surface area contributed by atoms with E-state index < -0.39 is 17.4 Å². The Hall–Kier alpha value is -3.34. The minimum absolute atomic E-state index is 0.0708. The number of nitrogens with zero attached hydrogens (tertiary/aromatic N) is 3. The molecule has 1 atom stereocenters. The van der Waals surface area contributed by atoms with E-state index in [2.05, 4.69) is 10.2 Å². The molecule has 188 valence electrons. The zero-order valence-corrected chi connectivity index (χ0v) is 20.2. The van der Waals surface area contributed by atoms with Crippen molar-refractivity contribution < 1.29 is 23.8 Å². The summed E-state index contributed by atoms with van der Waals surface area (Å²) in [6, 6.07) is 4.97. The molecule has 0 saturated carbocycles. The maximum absolute atomic E-state index is 15.0. The van der Waals surface area contributed by atoms with Crippen molar-refractivity contribution >= 4 is 16.9 Å². The van der Waals surface area contributed by atoms with E-state index in [1.807, 2.05) is 13.0 Å². The molecule has 0 fully saturated rings. The van der Waals surface area contributed by atoms with Gasteiger partial charge >= 0.3 is 5.97 Å². The molecule has 0 unspecified atom stereocenters. The summed E-state index contributed by atoms with van der Waals surface area (Å²) < 4.78 is 27.5. The summed E-state index contributed by atoms with van der Waals surface area (Å²) in [4.78, 5) is 32.6. The molecule has 3 aromatic rings. The van der Waals surface area contributed by atoms with Crippen molar-refractivity contribution in [1.82, 2.24) is 19.8 Å². The zero-order valence-electron chi connectivity index (χ0n) is 20.2. The number of esters is 1. The molecule has 1 aromatic carbocycles. The van der Waals surface area contributed by atoms with E-state index in [4.69, 9.17) is 14.5 Å². The van der Waals surface area contributed by atoms with E-state index in [9.17, 15) is 14.7 Å². The summed E-state index contributed by atoms with van der Waals surface area (Å²) in [5.41, 5.74) is 1.37. The monoisotopic (exact) mass is 494 g/mol. The molecule has 10 heteroatoms. The van der Waals surface area contributed by atoms with E-state index in [-0.39, 0.29) is 42.0 Å².